The molecule has 1 aliphatic rings. The second-order valence-electron chi connectivity index (χ2n) is 5.77. The molecule has 0 bridgehead atoms. The molecule has 0 aliphatic carbocycles. The first-order valence-corrected chi connectivity index (χ1v) is 5.99. The molecule has 0 aromatic carbocycles. The van der Waals surface area contributed by atoms with Gasteiger partial charge >= 0.3 is 0 Å². The van der Waals surface area contributed by atoms with Gasteiger partial charge in [-0.25, -0.2) is 0 Å². The van der Waals surface area contributed by atoms with Gasteiger partial charge in [0.05, 0.1) is 5.54 Å². The van der Waals surface area contributed by atoms with E-state index in [0.717, 1.165) is 11.8 Å². The van der Waals surface area contributed by atoms with E-state index < -0.39 is 0 Å². The molecular formula is C13H25N. The Labute approximate surface area is 89.0 Å². The highest BCUT2D eigenvalue weighted by molar-refractivity contribution is 5.84. The lowest BCUT2D eigenvalue weighted by Gasteiger charge is -2.30. The molecule has 82 valence electrons. The van der Waals surface area contributed by atoms with Crippen LogP contribution in [-0.2, 0) is 0 Å². The Balaban J connectivity index is 2.70. The SMILES string of the molecule is CC1=NC(CC(C)C)(CC(C)C)CC1. The Kier molecular flexibility index (Phi) is 3.74. The van der Waals surface area contributed by atoms with E-state index in [1.165, 1.54) is 31.4 Å². The lowest BCUT2D eigenvalue weighted by molar-refractivity contribution is 0.286. The molecule has 0 fully saturated rings. The normalized spacial score (nSPS) is 20.6. The third kappa shape index (κ3) is 3.11. The van der Waals surface area contributed by atoms with Crippen molar-refractivity contribution in [2.45, 2.75) is 65.8 Å². The van der Waals surface area contributed by atoms with E-state index in [2.05, 4.69) is 34.6 Å². The molecule has 1 heteroatoms. The molecule has 1 aliphatic heterocycles. The molecule has 0 amide bonds. The Morgan fingerprint density at radius 3 is 1.93 bits per heavy atom. The largest absolute Gasteiger partial charge is 0.288 e. The summed E-state index contributed by atoms with van der Waals surface area (Å²) in [4.78, 5) is 4.92. The van der Waals surface area contributed by atoms with Crippen LogP contribution in [0.5, 0.6) is 0 Å². The molecule has 0 aromatic rings. The van der Waals surface area contributed by atoms with Gasteiger partial charge in [-0.05, 0) is 44.4 Å². The zero-order chi connectivity index (χ0) is 10.8. The third-order valence-electron chi connectivity index (χ3n) is 2.96. The highest BCUT2D eigenvalue weighted by Gasteiger charge is 2.34. The van der Waals surface area contributed by atoms with Crippen molar-refractivity contribution in [3.05, 3.63) is 0 Å². The average molecular weight is 195 g/mol. The van der Waals surface area contributed by atoms with E-state index in [1.54, 1.807) is 0 Å². The zero-order valence-corrected chi connectivity index (χ0v) is 10.4. The molecule has 14 heavy (non-hydrogen) atoms. The lowest BCUT2D eigenvalue weighted by atomic mass is 9.81. The zero-order valence-electron chi connectivity index (χ0n) is 10.4. The molecule has 1 heterocycles. The van der Waals surface area contributed by atoms with Gasteiger partial charge in [0, 0.05) is 5.71 Å². The maximum atomic E-state index is 4.92. The Bertz CT molecular complexity index is 203. The molecule has 0 atom stereocenters. The summed E-state index contributed by atoms with van der Waals surface area (Å²) in [7, 11) is 0. The van der Waals surface area contributed by atoms with Gasteiger partial charge in [-0.2, -0.15) is 0 Å². The number of aliphatic imine (C=N–C) groups is 1. The van der Waals surface area contributed by atoms with Crippen LogP contribution >= 0.6 is 0 Å². The van der Waals surface area contributed by atoms with Gasteiger partial charge in [0.15, 0.2) is 0 Å². The summed E-state index contributed by atoms with van der Waals surface area (Å²) >= 11 is 0. The molecular weight excluding hydrogens is 170 g/mol. The Hall–Kier alpha value is -0.330. The topological polar surface area (TPSA) is 12.4 Å². The minimum absolute atomic E-state index is 0.298. The fraction of sp³-hybridized carbons (Fsp3) is 0.923. The van der Waals surface area contributed by atoms with Gasteiger partial charge in [-0.15, -0.1) is 0 Å². The molecule has 0 aromatic heterocycles. The molecule has 0 spiro atoms. The van der Waals surface area contributed by atoms with Crippen molar-refractivity contribution in [3.63, 3.8) is 0 Å². The summed E-state index contributed by atoms with van der Waals surface area (Å²) < 4.78 is 0. The fourth-order valence-electron chi connectivity index (χ4n) is 2.83. The van der Waals surface area contributed by atoms with E-state index in [1.807, 2.05) is 0 Å². The van der Waals surface area contributed by atoms with Crippen molar-refractivity contribution < 1.29 is 0 Å². The van der Waals surface area contributed by atoms with E-state index in [-0.39, 0.29) is 0 Å². The van der Waals surface area contributed by atoms with Gasteiger partial charge in [0.2, 0.25) is 0 Å². The van der Waals surface area contributed by atoms with Crippen molar-refractivity contribution in [2.75, 3.05) is 0 Å². The van der Waals surface area contributed by atoms with Crippen LogP contribution in [0, 0.1) is 11.8 Å². The summed E-state index contributed by atoms with van der Waals surface area (Å²) in [5.41, 5.74) is 1.66. The summed E-state index contributed by atoms with van der Waals surface area (Å²) in [5, 5.41) is 0. The summed E-state index contributed by atoms with van der Waals surface area (Å²) in [6, 6.07) is 0. The third-order valence-corrected chi connectivity index (χ3v) is 2.96. The predicted octanol–water partition coefficient (Wildman–Crippen LogP) is 4.07. The lowest BCUT2D eigenvalue weighted by Crippen LogP contribution is -2.27. The first-order valence-electron chi connectivity index (χ1n) is 5.99. The molecule has 1 rings (SSSR count). The van der Waals surface area contributed by atoms with Crippen LogP contribution in [0.3, 0.4) is 0 Å². The van der Waals surface area contributed by atoms with Crippen LogP contribution in [0.1, 0.15) is 60.3 Å². The Morgan fingerprint density at radius 2 is 1.64 bits per heavy atom. The summed E-state index contributed by atoms with van der Waals surface area (Å²) in [6.45, 7) is 11.4. The van der Waals surface area contributed by atoms with Crippen LogP contribution in [-0.4, -0.2) is 11.3 Å². The van der Waals surface area contributed by atoms with Crippen molar-refractivity contribution in [3.8, 4) is 0 Å². The van der Waals surface area contributed by atoms with Crippen molar-refractivity contribution in [1.29, 1.82) is 0 Å². The number of hydrogen-bond acceptors (Lipinski definition) is 1. The van der Waals surface area contributed by atoms with E-state index in [9.17, 15) is 0 Å². The van der Waals surface area contributed by atoms with Crippen LogP contribution < -0.4 is 0 Å². The smallest absolute Gasteiger partial charge is 0.0615 e. The van der Waals surface area contributed by atoms with Gasteiger partial charge < -0.3 is 0 Å². The minimum Gasteiger partial charge on any atom is -0.288 e. The highest BCUT2D eigenvalue weighted by atomic mass is 14.9. The quantitative estimate of drug-likeness (QED) is 0.641. The minimum atomic E-state index is 0.298. The van der Waals surface area contributed by atoms with Crippen LogP contribution in [0.25, 0.3) is 0 Å². The van der Waals surface area contributed by atoms with Crippen LogP contribution in [0.4, 0.5) is 0 Å². The van der Waals surface area contributed by atoms with Gasteiger partial charge in [0.1, 0.15) is 0 Å². The van der Waals surface area contributed by atoms with Gasteiger partial charge in [-0.3, -0.25) is 4.99 Å². The molecule has 0 saturated heterocycles. The van der Waals surface area contributed by atoms with E-state index in [0.29, 0.717) is 5.54 Å². The first-order chi connectivity index (χ1) is 6.43. The predicted molar refractivity (Wildman–Crippen MR) is 64.0 cm³/mol. The average Bonchev–Trinajstić information content (AvgIpc) is 2.28. The van der Waals surface area contributed by atoms with Crippen molar-refractivity contribution in [2.24, 2.45) is 16.8 Å². The van der Waals surface area contributed by atoms with Gasteiger partial charge in [0.25, 0.3) is 0 Å². The standard InChI is InChI=1S/C13H25N/c1-10(2)8-13(9-11(3)4)7-6-12(5)14-13/h10-11H,6-9H2,1-5H3. The van der Waals surface area contributed by atoms with Crippen molar-refractivity contribution in [1.82, 2.24) is 0 Å². The maximum absolute atomic E-state index is 4.92. The molecule has 0 saturated carbocycles. The number of rotatable bonds is 4. The fourth-order valence-corrected chi connectivity index (χ4v) is 2.83. The van der Waals surface area contributed by atoms with Crippen LogP contribution in [0.2, 0.25) is 0 Å². The molecule has 0 N–H and O–H groups in total. The molecule has 0 unspecified atom stereocenters. The second kappa shape index (κ2) is 4.46. The van der Waals surface area contributed by atoms with E-state index in [4.69, 9.17) is 4.99 Å². The molecule has 0 radical (unpaired) electrons. The Morgan fingerprint density at radius 1 is 1.14 bits per heavy atom. The summed E-state index contributed by atoms with van der Waals surface area (Å²) in [6.07, 6.45) is 5.04. The van der Waals surface area contributed by atoms with Gasteiger partial charge in [-0.1, -0.05) is 27.7 Å². The highest BCUT2D eigenvalue weighted by Crippen LogP contribution is 2.37. The number of hydrogen-bond donors (Lipinski definition) is 0. The van der Waals surface area contributed by atoms with E-state index >= 15 is 0 Å². The second-order valence-corrected chi connectivity index (χ2v) is 5.77. The first kappa shape index (κ1) is 11.7. The summed E-state index contributed by atoms with van der Waals surface area (Å²) in [5.74, 6) is 1.53. The number of nitrogens with zero attached hydrogens (tertiary/aromatic N) is 1. The molecule has 1 nitrogen and oxygen atoms in total. The maximum Gasteiger partial charge on any atom is 0.0615 e. The van der Waals surface area contributed by atoms with Crippen molar-refractivity contribution >= 4 is 5.71 Å². The van der Waals surface area contributed by atoms with Crippen LogP contribution in [0.15, 0.2) is 4.99 Å². The monoisotopic (exact) mass is 195 g/mol.